The number of hydrogen-bond acceptors (Lipinski definition) is 5. The van der Waals surface area contributed by atoms with Crippen LogP contribution in [0.1, 0.15) is 62.7 Å². The highest BCUT2D eigenvalue weighted by atomic mass is 16.1. The van der Waals surface area contributed by atoms with E-state index in [9.17, 15) is 4.79 Å². The van der Waals surface area contributed by atoms with Crippen molar-refractivity contribution in [1.82, 2.24) is 24.6 Å². The van der Waals surface area contributed by atoms with Crippen molar-refractivity contribution in [1.29, 1.82) is 0 Å². The Morgan fingerprint density at radius 3 is 2.44 bits per heavy atom. The third-order valence-electron chi connectivity index (χ3n) is 5.85. The molecule has 1 amide bonds. The van der Waals surface area contributed by atoms with Gasteiger partial charge in [0.1, 0.15) is 5.82 Å². The van der Waals surface area contributed by atoms with Crippen molar-refractivity contribution < 1.29 is 4.79 Å². The van der Waals surface area contributed by atoms with E-state index in [0.29, 0.717) is 18.5 Å². The summed E-state index contributed by atoms with van der Waals surface area (Å²) in [6.07, 6.45) is 11.8. The molecular formula is C20H28N6O. The van der Waals surface area contributed by atoms with Crippen LogP contribution in [0.2, 0.25) is 0 Å². The minimum absolute atomic E-state index is 0.251. The molecule has 27 heavy (non-hydrogen) atoms. The second kappa shape index (κ2) is 8.17. The molecule has 7 heteroatoms. The zero-order valence-electron chi connectivity index (χ0n) is 15.8. The quantitative estimate of drug-likeness (QED) is 0.876. The molecule has 4 rings (SSSR count). The maximum atomic E-state index is 11.2. The molecule has 0 aromatic carbocycles. The van der Waals surface area contributed by atoms with Crippen LogP contribution in [-0.2, 0) is 4.79 Å². The van der Waals surface area contributed by atoms with Gasteiger partial charge in [-0.1, -0.05) is 19.3 Å². The number of carbonyl (C=O) groups excluding carboxylic acids is 1. The van der Waals surface area contributed by atoms with Crippen molar-refractivity contribution in [2.24, 2.45) is 5.73 Å². The predicted molar refractivity (Wildman–Crippen MR) is 103 cm³/mol. The Kier molecular flexibility index (Phi) is 5.48. The second-order valence-electron chi connectivity index (χ2n) is 7.78. The van der Waals surface area contributed by atoms with Crippen molar-refractivity contribution >= 4 is 5.91 Å². The number of likely N-dealkylation sites (tertiary alicyclic amines) is 1. The number of nitrogens with two attached hydrogens (primary N) is 1. The van der Waals surface area contributed by atoms with Gasteiger partial charge in [0.15, 0.2) is 5.82 Å². The number of hydrogen-bond donors (Lipinski definition) is 1. The van der Waals surface area contributed by atoms with Crippen LogP contribution in [0.3, 0.4) is 0 Å². The summed E-state index contributed by atoms with van der Waals surface area (Å²) < 4.78 is 2.23. The van der Waals surface area contributed by atoms with Gasteiger partial charge in [0.25, 0.3) is 0 Å². The Labute approximate surface area is 160 Å². The van der Waals surface area contributed by atoms with E-state index >= 15 is 0 Å². The molecule has 3 heterocycles. The number of aromatic nitrogens is 4. The third kappa shape index (κ3) is 4.18. The Bertz CT molecular complexity index is 760. The first-order chi connectivity index (χ1) is 13.2. The van der Waals surface area contributed by atoms with Gasteiger partial charge < -0.3 is 5.73 Å². The highest BCUT2D eigenvalue weighted by Gasteiger charge is 2.29. The van der Waals surface area contributed by atoms with Gasteiger partial charge in [-0.05, 0) is 50.9 Å². The first-order valence-electron chi connectivity index (χ1n) is 10.1. The first kappa shape index (κ1) is 18.1. The van der Waals surface area contributed by atoms with E-state index in [0.717, 1.165) is 43.1 Å². The van der Waals surface area contributed by atoms with Crippen LogP contribution >= 0.6 is 0 Å². The largest absolute Gasteiger partial charge is 0.369 e. The SMILES string of the molecule is NC(=O)CN1CCC(c2nc(-c3ccncc3)nn2C2CCCCC2)CC1. The number of piperidine rings is 1. The zero-order valence-corrected chi connectivity index (χ0v) is 15.8. The molecule has 1 aliphatic heterocycles. The highest BCUT2D eigenvalue weighted by Crippen LogP contribution is 2.34. The average Bonchev–Trinajstić information content (AvgIpc) is 3.15. The van der Waals surface area contributed by atoms with E-state index in [2.05, 4.69) is 14.6 Å². The van der Waals surface area contributed by atoms with Crippen LogP contribution in [0.5, 0.6) is 0 Å². The van der Waals surface area contributed by atoms with Crippen molar-refractivity contribution in [2.75, 3.05) is 19.6 Å². The fourth-order valence-corrected chi connectivity index (χ4v) is 4.40. The van der Waals surface area contributed by atoms with Crippen LogP contribution in [-0.4, -0.2) is 50.2 Å². The summed E-state index contributed by atoms with van der Waals surface area (Å²) in [5.41, 5.74) is 6.37. The molecule has 2 fully saturated rings. The lowest BCUT2D eigenvalue weighted by molar-refractivity contribution is -0.119. The van der Waals surface area contributed by atoms with Crippen molar-refractivity contribution in [2.45, 2.75) is 56.9 Å². The van der Waals surface area contributed by atoms with Gasteiger partial charge in [-0.15, -0.1) is 0 Å². The van der Waals surface area contributed by atoms with Crippen molar-refractivity contribution in [3.63, 3.8) is 0 Å². The number of carbonyl (C=O) groups is 1. The molecule has 7 nitrogen and oxygen atoms in total. The molecule has 1 saturated heterocycles. The minimum atomic E-state index is -0.251. The number of amides is 1. The molecule has 0 spiro atoms. The van der Waals surface area contributed by atoms with Gasteiger partial charge >= 0.3 is 0 Å². The number of pyridine rings is 1. The summed E-state index contributed by atoms with van der Waals surface area (Å²) in [5.74, 6) is 2.06. The second-order valence-corrected chi connectivity index (χ2v) is 7.78. The summed E-state index contributed by atoms with van der Waals surface area (Å²) >= 11 is 0. The number of primary amides is 1. The lowest BCUT2D eigenvalue weighted by atomic mass is 9.93. The number of nitrogens with zero attached hydrogens (tertiary/aromatic N) is 5. The lowest BCUT2D eigenvalue weighted by Gasteiger charge is -2.32. The van der Waals surface area contributed by atoms with E-state index in [1.807, 2.05) is 12.1 Å². The zero-order chi connectivity index (χ0) is 18.6. The van der Waals surface area contributed by atoms with Crippen LogP contribution < -0.4 is 5.73 Å². The molecule has 0 radical (unpaired) electrons. The molecule has 1 aliphatic carbocycles. The fraction of sp³-hybridized carbons (Fsp3) is 0.600. The highest BCUT2D eigenvalue weighted by molar-refractivity contribution is 5.75. The van der Waals surface area contributed by atoms with E-state index in [-0.39, 0.29) is 5.91 Å². The van der Waals surface area contributed by atoms with Gasteiger partial charge in [0, 0.05) is 23.9 Å². The molecule has 2 aliphatic rings. The summed E-state index contributed by atoms with van der Waals surface area (Å²) in [4.78, 5) is 22.4. The van der Waals surface area contributed by atoms with Gasteiger partial charge in [-0.25, -0.2) is 9.67 Å². The maximum absolute atomic E-state index is 11.2. The normalized spacial score (nSPS) is 20.0. The topological polar surface area (TPSA) is 89.9 Å². The summed E-state index contributed by atoms with van der Waals surface area (Å²) in [6.45, 7) is 2.12. The molecule has 0 unspecified atom stereocenters. The standard InChI is InChI=1S/C20H28N6O/c21-18(27)14-25-12-8-16(9-13-25)20-23-19(15-6-10-22-11-7-15)24-26(20)17-4-2-1-3-5-17/h6-7,10-11,16-17H,1-5,8-9,12-14H2,(H2,21,27). The Morgan fingerprint density at radius 2 is 1.78 bits per heavy atom. The number of rotatable bonds is 5. The van der Waals surface area contributed by atoms with E-state index in [1.54, 1.807) is 12.4 Å². The maximum Gasteiger partial charge on any atom is 0.231 e. The summed E-state index contributed by atoms with van der Waals surface area (Å²) in [7, 11) is 0. The Morgan fingerprint density at radius 1 is 1.07 bits per heavy atom. The van der Waals surface area contributed by atoms with Gasteiger partial charge in [0.2, 0.25) is 5.91 Å². The monoisotopic (exact) mass is 368 g/mol. The van der Waals surface area contributed by atoms with Crippen LogP contribution in [0.25, 0.3) is 11.4 Å². The van der Waals surface area contributed by atoms with Crippen molar-refractivity contribution in [3.8, 4) is 11.4 Å². The first-order valence-corrected chi connectivity index (χ1v) is 10.1. The molecule has 2 aromatic heterocycles. The van der Waals surface area contributed by atoms with E-state index in [1.165, 1.54) is 32.1 Å². The Balaban J connectivity index is 1.58. The molecule has 2 aromatic rings. The fourth-order valence-electron chi connectivity index (χ4n) is 4.40. The lowest BCUT2D eigenvalue weighted by Crippen LogP contribution is -2.39. The molecule has 2 N–H and O–H groups in total. The predicted octanol–water partition coefficient (Wildman–Crippen LogP) is 2.51. The van der Waals surface area contributed by atoms with E-state index in [4.69, 9.17) is 15.8 Å². The van der Waals surface area contributed by atoms with Crippen molar-refractivity contribution in [3.05, 3.63) is 30.4 Å². The molecule has 144 valence electrons. The van der Waals surface area contributed by atoms with Gasteiger partial charge in [0.05, 0.1) is 12.6 Å². The summed E-state index contributed by atoms with van der Waals surface area (Å²) in [5, 5.41) is 4.94. The van der Waals surface area contributed by atoms with Gasteiger partial charge in [-0.3, -0.25) is 14.7 Å². The van der Waals surface area contributed by atoms with Crippen LogP contribution in [0, 0.1) is 0 Å². The molecular weight excluding hydrogens is 340 g/mol. The molecule has 0 atom stereocenters. The molecule has 0 bridgehead atoms. The van der Waals surface area contributed by atoms with Gasteiger partial charge in [-0.2, -0.15) is 5.10 Å². The van der Waals surface area contributed by atoms with Crippen LogP contribution in [0.15, 0.2) is 24.5 Å². The average molecular weight is 368 g/mol. The molecule has 1 saturated carbocycles. The Hall–Kier alpha value is -2.28. The smallest absolute Gasteiger partial charge is 0.231 e. The van der Waals surface area contributed by atoms with E-state index < -0.39 is 0 Å². The summed E-state index contributed by atoms with van der Waals surface area (Å²) in [6, 6.07) is 4.40. The minimum Gasteiger partial charge on any atom is -0.369 e. The third-order valence-corrected chi connectivity index (χ3v) is 5.85. The van der Waals surface area contributed by atoms with Crippen LogP contribution in [0.4, 0.5) is 0 Å².